The molecule has 0 aromatic heterocycles. The summed E-state index contributed by atoms with van der Waals surface area (Å²) in [6, 6.07) is 10.4. The third kappa shape index (κ3) is 6.65. The van der Waals surface area contributed by atoms with Crippen molar-refractivity contribution in [3.63, 3.8) is 0 Å². The van der Waals surface area contributed by atoms with Crippen LogP contribution in [0.15, 0.2) is 76.2 Å². The third-order valence-electron chi connectivity index (χ3n) is 3.92. The van der Waals surface area contributed by atoms with E-state index in [1.807, 2.05) is 0 Å². The molecular formula is C21H21F2N5O2S. The van der Waals surface area contributed by atoms with Gasteiger partial charge in [-0.25, -0.2) is 18.0 Å². The average Bonchev–Trinajstić information content (AvgIpc) is 2.71. The molecule has 0 saturated heterocycles. The molecule has 3 N–H and O–H groups in total. The number of nitrogens with two attached hydrogens (primary N) is 1. The number of hydrogen-bond donors (Lipinski definition) is 2. The van der Waals surface area contributed by atoms with E-state index >= 15 is 0 Å². The highest BCUT2D eigenvalue weighted by atomic mass is 32.2. The number of nitriles is 1. The van der Waals surface area contributed by atoms with Crippen molar-refractivity contribution in [2.75, 3.05) is 18.7 Å². The van der Waals surface area contributed by atoms with Gasteiger partial charge in [0.05, 0.1) is 22.6 Å². The van der Waals surface area contributed by atoms with Crippen molar-refractivity contribution in [2.45, 2.75) is 5.75 Å². The zero-order chi connectivity index (χ0) is 23.0. The van der Waals surface area contributed by atoms with Crippen LogP contribution in [0.4, 0.5) is 14.5 Å². The van der Waals surface area contributed by atoms with Gasteiger partial charge in [0.1, 0.15) is 23.1 Å². The molecule has 1 atom stereocenters. The van der Waals surface area contributed by atoms with Gasteiger partial charge < -0.3 is 15.8 Å². The van der Waals surface area contributed by atoms with Gasteiger partial charge >= 0.3 is 0 Å². The summed E-state index contributed by atoms with van der Waals surface area (Å²) in [6.45, 7) is 3.77. The van der Waals surface area contributed by atoms with Gasteiger partial charge in [0, 0.05) is 29.8 Å². The zero-order valence-corrected chi connectivity index (χ0v) is 17.7. The first-order valence-electron chi connectivity index (χ1n) is 8.82. The minimum atomic E-state index is -2.69. The minimum Gasteiger partial charge on any atom is -0.496 e. The fourth-order valence-electron chi connectivity index (χ4n) is 2.68. The number of aliphatic imine (C=N–C) groups is 1. The molecule has 2 aromatic rings. The Balaban J connectivity index is 2.35. The second-order valence-electron chi connectivity index (χ2n) is 6.39. The van der Waals surface area contributed by atoms with E-state index in [1.165, 1.54) is 19.4 Å². The Morgan fingerprint density at radius 1 is 1.39 bits per heavy atom. The van der Waals surface area contributed by atoms with Gasteiger partial charge in [-0.1, -0.05) is 18.7 Å². The molecule has 0 radical (unpaired) electrons. The first kappa shape index (κ1) is 23.6. The zero-order valence-electron chi connectivity index (χ0n) is 16.9. The molecule has 1 unspecified atom stereocenters. The van der Waals surface area contributed by atoms with E-state index in [2.05, 4.69) is 21.3 Å². The second kappa shape index (κ2) is 10.4. The number of allylic oxidation sites excluding steroid dienone is 1. The molecule has 0 heterocycles. The molecule has 0 aliphatic carbocycles. The van der Waals surface area contributed by atoms with Gasteiger partial charge in [-0.2, -0.15) is 5.26 Å². The molecule has 0 fully saturated rings. The van der Waals surface area contributed by atoms with Gasteiger partial charge in [0.25, 0.3) is 0 Å². The smallest absolute Gasteiger partial charge is 0.214 e. The molecule has 10 heteroatoms. The highest BCUT2D eigenvalue weighted by Crippen LogP contribution is 2.25. The van der Waals surface area contributed by atoms with Crippen LogP contribution < -0.4 is 15.8 Å². The summed E-state index contributed by atoms with van der Waals surface area (Å²) in [6.07, 6.45) is 3.68. The van der Waals surface area contributed by atoms with Crippen molar-refractivity contribution in [1.29, 1.82) is 5.26 Å². The van der Waals surface area contributed by atoms with Gasteiger partial charge in [-0.3, -0.25) is 0 Å². The van der Waals surface area contributed by atoms with Crippen molar-refractivity contribution < 1.29 is 17.7 Å². The quantitative estimate of drug-likeness (QED) is 0.470. The van der Waals surface area contributed by atoms with Gasteiger partial charge in [-0.05, 0) is 29.8 Å². The van der Waals surface area contributed by atoms with Crippen LogP contribution in [0.5, 0.6) is 5.75 Å². The maximum absolute atomic E-state index is 14.4. The van der Waals surface area contributed by atoms with Crippen LogP contribution in [0.1, 0.15) is 11.1 Å². The lowest BCUT2D eigenvalue weighted by atomic mass is 10.1. The lowest BCUT2D eigenvalue weighted by Crippen LogP contribution is -2.09. The van der Waals surface area contributed by atoms with Crippen LogP contribution in [0, 0.1) is 17.3 Å². The Hall–Kier alpha value is -3.71. The Bertz CT molecular complexity index is 1210. The third-order valence-corrected chi connectivity index (χ3v) is 5.26. The van der Waals surface area contributed by atoms with E-state index in [-0.39, 0.29) is 28.6 Å². The number of halogens is 2. The Labute approximate surface area is 179 Å². The van der Waals surface area contributed by atoms with Crippen molar-refractivity contribution in [3.8, 4) is 11.9 Å². The topological polar surface area (TPSA) is 113 Å². The molecule has 0 bridgehead atoms. The Morgan fingerprint density at radius 3 is 2.77 bits per heavy atom. The monoisotopic (exact) mass is 445 g/mol. The van der Waals surface area contributed by atoms with E-state index in [1.54, 1.807) is 30.5 Å². The predicted molar refractivity (Wildman–Crippen MR) is 118 cm³/mol. The normalized spacial score (nSPS) is 13.6. The van der Waals surface area contributed by atoms with Crippen molar-refractivity contribution >= 4 is 21.1 Å². The van der Waals surface area contributed by atoms with Crippen LogP contribution in [-0.2, 0) is 15.5 Å². The largest absolute Gasteiger partial charge is 0.496 e. The number of ether oxygens (including phenoxy) is 1. The standard InChI is InChI=1S/C21H21F2N5O2S/c1-14(27-17-6-4-5-15(9-17)12-31(3,29)26-13-25)28-21(19(23)11-24)18-8-7-16(22)10-20(18)30-2/h4-11,27H,1,12,24H2,2-3H3/b19-11+,28-21-. The van der Waals surface area contributed by atoms with E-state index in [4.69, 9.17) is 15.7 Å². The summed E-state index contributed by atoms with van der Waals surface area (Å²) >= 11 is 0. The Morgan fingerprint density at radius 2 is 2.13 bits per heavy atom. The highest BCUT2D eigenvalue weighted by molar-refractivity contribution is 7.92. The first-order chi connectivity index (χ1) is 14.7. The summed E-state index contributed by atoms with van der Waals surface area (Å²) in [4.78, 5) is 4.15. The first-order valence-corrected chi connectivity index (χ1v) is 10.9. The summed E-state index contributed by atoms with van der Waals surface area (Å²) in [5.74, 6) is -1.19. The fourth-order valence-corrected chi connectivity index (χ4v) is 3.71. The molecule has 0 saturated carbocycles. The van der Waals surface area contributed by atoms with Crippen LogP contribution >= 0.6 is 0 Å². The number of benzene rings is 2. The number of rotatable bonds is 8. The van der Waals surface area contributed by atoms with Crippen molar-refractivity contribution in [2.24, 2.45) is 15.1 Å². The van der Waals surface area contributed by atoms with Crippen LogP contribution in [-0.4, -0.2) is 23.3 Å². The molecule has 0 amide bonds. The molecule has 2 rings (SSSR count). The van der Waals surface area contributed by atoms with Gasteiger partial charge in [-0.15, -0.1) is 4.36 Å². The number of anilines is 1. The Kier molecular flexibility index (Phi) is 7.88. The summed E-state index contributed by atoms with van der Waals surface area (Å²) in [5, 5.41) is 11.5. The van der Waals surface area contributed by atoms with Gasteiger partial charge in [0.15, 0.2) is 5.83 Å². The molecule has 0 aliphatic heterocycles. The summed E-state index contributed by atoms with van der Waals surface area (Å²) in [7, 11) is -1.37. The molecule has 0 spiro atoms. The molecule has 2 aromatic carbocycles. The van der Waals surface area contributed by atoms with E-state index in [0.717, 1.165) is 18.3 Å². The molecule has 31 heavy (non-hydrogen) atoms. The fraction of sp³-hybridized carbons (Fsp3) is 0.143. The van der Waals surface area contributed by atoms with E-state index in [0.29, 0.717) is 11.3 Å². The predicted octanol–water partition coefficient (Wildman–Crippen LogP) is 4.06. The average molecular weight is 445 g/mol. The maximum Gasteiger partial charge on any atom is 0.214 e. The number of methoxy groups -OCH3 is 1. The summed E-state index contributed by atoms with van der Waals surface area (Å²) < 4.78 is 48.7. The summed E-state index contributed by atoms with van der Waals surface area (Å²) in [5.41, 5.74) is 6.52. The second-order valence-corrected chi connectivity index (χ2v) is 8.78. The maximum atomic E-state index is 14.4. The minimum absolute atomic E-state index is 0.0643. The van der Waals surface area contributed by atoms with Gasteiger partial charge in [0.2, 0.25) is 6.19 Å². The van der Waals surface area contributed by atoms with Crippen LogP contribution in [0.3, 0.4) is 0 Å². The molecular weight excluding hydrogens is 424 g/mol. The van der Waals surface area contributed by atoms with Crippen LogP contribution in [0.2, 0.25) is 0 Å². The molecule has 162 valence electrons. The number of hydrogen-bond acceptors (Lipinski definition) is 7. The lowest BCUT2D eigenvalue weighted by Gasteiger charge is -2.12. The van der Waals surface area contributed by atoms with Crippen molar-refractivity contribution in [1.82, 2.24) is 0 Å². The SMILES string of the molecule is C=C(/N=C(\C(F)=C/N)c1ccc(F)cc1OC)Nc1cccc(CS(C)(=O)=NC#N)c1. The lowest BCUT2D eigenvalue weighted by molar-refractivity contribution is 0.410. The number of nitrogens with zero attached hydrogens (tertiary/aromatic N) is 3. The number of nitrogens with one attached hydrogen (secondary N) is 1. The molecule has 0 aliphatic rings. The molecule has 7 nitrogen and oxygen atoms in total. The van der Waals surface area contributed by atoms with Crippen LogP contribution in [0.25, 0.3) is 0 Å². The highest BCUT2D eigenvalue weighted by Gasteiger charge is 2.16. The van der Waals surface area contributed by atoms with E-state index in [9.17, 15) is 13.0 Å². The van der Waals surface area contributed by atoms with E-state index < -0.39 is 21.4 Å². The van der Waals surface area contributed by atoms with Crippen molar-refractivity contribution in [3.05, 3.63) is 83.8 Å².